The first-order valence-corrected chi connectivity index (χ1v) is 7.38. The maximum atomic E-state index is 9.64. The summed E-state index contributed by atoms with van der Waals surface area (Å²) < 4.78 is 0. The van der Waals surface area contributed by atoms with Gasteiger partial charge >= 0.3 is 0 Å². The SMILES string of the molecule is CCC(CC)(CO)CN(C)C1CCC(C)CC1. The monoisotopic (exact) mass is 241 g/mol. The second-order valence-corrected chi connectivity index (χ2v) is 6.19. The Morgan fingerprint density at radius 3 is 2.06 bits per heavy atom. The van der Waals surface area contributed by atoms with Crippen LogP contribution in [-0.2, 0) is 0 Å². The minimum atomic E-state index is 0.123. The molecular formula is C15H31NO. The summed E-state index contributed by atoms with van der Waals surface area (Å²) in [7, 11) is 2.25. The van der Waals surface area contributed by atoms with Crippen molar-refractivity contribution < 1.29 is 5.11 Å². The zero-order valence-electron chi connectivity index (χ0n) is 12.2. The van der Waals surface area contributed by atoms with E-state index in [1.54, 1.807) is 0 Å². The number of aliphatic hydroxyl groups excluding tert-OH is 1. The first-order chi connectivity index (χ1) is 8.06. The third-order valence-electron chi connectivity index (χ3n) is 5.03. The highest BCUT2D eigenvalue weighted by Crippen LogP contribution is 2.31. The Morgan fingerprint density at radius 2 is 1.65 bits per heavy atom. The normalized spacial score (nSPS) is 26.5. The highest BCUT2D eigenvalue weighted by atomic mass is 16.3. The van der Waals surface area contributed by atoms with E-state index in [0.29, 0.717) is 6.61 Å². The van der Waals surface area contributed by atoms with Gasteiger partial charge in [0.2, 0.25) is 0 Å². The first kappa shape index (κ1) is 15.0. The molecule has 17 heavy (non-hydrogen) atoms. The molecule has 0 spiro atoms. The van der Waals surface area contributed by atoms with Crippen LogP contribution in [0.2, 0.25) is 0 Å². The van der Waals surface area contributed by atoms with Crippen molar-refractivity contribution >= 4 is 0 Å². The molecule has 1 fully saturated rings. The lowest BCUT2D eigenvalue weighted by Crippen LogP contribution is -2.43. The third kappa shape index (κ3) is 3.96. The summed E-state index contributed by atoms with van der Waals surface area (Å²) in [5.74, 6) is 0.916. The second kappa shape index (κ2) is 6.75. The number of rotatable bonds is 6. The average molecular weight is 241 g/mol. The van der Waals surface area contributed by atoms with Gasteiger partial charge in [-0.1, -0.05) is 20.8 Å². The van der Waals surface area contributed by atoms with Gasteiger partial charge < -0.3 is 10.0 Å². The largest absolute Gasteiger partial charge is 0.396 e. The summed E-state index contributed by atoms with van der Waals surface area (Å²) in [6.07, 6.45) is 7.58. The quantitative estimate of drug-likeness (QED) is 0.771. The van der Waals surface area contributed by atoms with Gasteiger partial charge in [0.1, 0.15) is 0 Å². The molecule has 0 amide bonds. The van der Waals surface area contributed by atoms with Gasteiger partial charge in [0.15, 0.2) is 0 Å². The van der Waals surface area contributed by atoms with Crippen LogP contribution in [0, 0.1) is 11.3 Å². The molecule has 0 aliphatic heterocycles. The van der Waals surface area contributed by atoms with E-state index in [0.717, 1.165) is 31.3 Å². The Morgan fingerprint density at radius 1 is 1.12 bits per heavy atom. The Labute approximate surface area is 107 Å². The van der Waals surface area contributed by atoms with Crippen molar-refractivity contribution in [3.05, 3.63) is 0 Å². The lowest BCUT2D eigenvalue weighted by molar-refractivity contribution is 0.0483. The molecule has 0 unspecified atom stereocenters. The minimum absolute atomic E-state index is 0.123. The van der Waals surface area contributed by atoms with Crippen molar-refractivity contribution in [2.45, 2.75) is 65.3 Å². The van der Waals surface area contributed by atoms with Crippen LogP contribution in [0.15, 0.2) is 0 Å². The molecule has 1 aliphatic carbocycles. The molecule has 1 N–H and O–H groups in total. The Balaban J connectivity index is 2.49. The number of nitrogens with zero attached hydrogens (tertiary/aromatic N) is 1. The minimum Gasteiger partial charge on any atom is -0.396 e. The molecule has 0 aromatic heterocycles. The van der Waals surface area contributed by atoms with Gasteiger partial charge in [-0.2, -0.15) is 0 Å². The molecule has 1 aliphatic rings. The Bertz CT molecular complexity index is 197. The summed E-state index contributed by atoms with van der Waals surface area (Å²) in [6.45, 7) is 8.16. The van der Waals surface area contributed by atoms with E-state index in [-0.39, 0.29) is 5.41 Å². The van der Waals surface area contributed by atoms with E-state index in [1.807, 2.05) is 0 Å². The summed E-state index contributed by atoms with van der Waals surface area (Å²) in [4.78, 5) is 2.51. The van der Waals surface area contributed by atoms with Crippen molar-refractivity contribution in [1.82, 2.24) is 4.90 Å². The van der Waals surface area contributed by atoms with E-state index in [9.17, 15) is 5.11 Å². The van der Waals surface area contributed by atoms with E-state index < -0.39 is 0 Å². The number of hydrogen-bond donors (Lipinski definition) is 1. The zero-order chi connectivity index (χ0) is 12.9. The standard InChI is InChI=1S/C15H31NO/c1-5-15(6-2,12-17)11-16(4)14-9-7-13(3)8-10-14/h13-14,17H,5-12H2,1-4H3. The lowest BCUT2D eigenvalue weighted by Gasteiger charge is -2.40. The van der Waals surface area contributed by atoms with Crippen LogP contribution in [-0.4, -0.2) is 36.2 Å². The smallest absolute Gasteiger partial charge is 0.0499 e. The van der Waals surface area contributed by atoms with Crippen LogP contribution in [0.25, 0.3) is 0 Å². The van der Waals surface area contributed by atoms with Crippen molar-refractivity contribution in [3.8, 4) is 0 Å². The van der Waals surface area contributed by atoms with E-state index in [1.165, 1.54) is 25.7 Å². The van der Waals surface area contributed by atoms with E-state index in [2.05, 4.69) is 32.7 Å². The second-order valence-electron chi connectivity index (χ2n) is 6.19. The molecule has 0 aromatic carbocycles. The van der Waals surface area contributed by atoms with Crippen LogP contribution < -0.4 is 0 Å². The molecule has 0 aromatic rings. The van der Waals surface area contributed by atoms with Crippen LogP contribution in [0.3, 0.4) is 0 Å². The fourth-order valence-electron chi connectivity index (χ4n) is 3.09. The lowest BCUT2D eigenvalue weighted by atomic mass is 9.81. The molecule has 2 heteroatoms. The van der Waals surface area contributed by atoms with Gasteiger partial charge in [-0.25, -0.2) is 0 Å². The van der Waals surface area contributed by atoms with Crippen LogP contribution in [0.5, 0.6) is 0 Å². The molecule has 1 saturated carbocycles. The predicted octanol–water partition coefficient (Wildman–Crippen LogP) is 3.30. The highest BCUT2D eigenvalue weighted by Gasteiger charge is 2.30. The molecule has 0 heterocycles. The van der Waals surface area contributed by atoms with E-state index >= 15 is 0 Å². The first-order valence-electron chi connectivity index (χ1n) is 7.38. The topological polar surface area (TPSA) is 23.5 Å². The van der Waals surface area contributed by atoms with Gasteiger partial charge in [0.05, 0.1) is 0 Å². The van der Waals surface area contributed by atoms with Crippen molar-refractivity contribution in [3.63, 3.8) is 0 Å². The van der Waals surface area contributed by atoms with Crippen molar-refractivity contribution in [1.29, 1.82) is 0 Å². The van der Waals surface area contributed by atoms with Gasteiger partial charge in [0.25, 0.3) is 0 Å². The molecule has 102 valence electrons. The summed E-state index contributed by atoms with van der Waals surface area (Å²) in [5.41, 5.74) is 0.123. The molecule has 2 nitrogen and oxygen atoms in total. The maximum Gasteiger partial charge on any atom is 0.0499 e. The van der Waals surface area contributed by atoms with Gasteiger partial charge in [-0.3, -0.25) is 0 Å². The average Bonchev–Trinajstić information content (AvgIpc) is 2.37. The Kier molecular flexibility index (Phi) is 5.94. The summed E-state index contributed by atoms with van der Waals surface area (Å²) in [5, 5.41) is 9.64. The molecule has 1 rings (SSSR count). The fraction of sp³-hybridized carbons (Fsp3) is 1.00. The Hall–Kier alpha value is -0.0800. The fourth-order valence-corrected chi connectivity index (χ4v) is 3.09. The van der Waals surface area contributed by atoms with Gasteiger partial charge in [0, 0.05) is 24.6 Å². The summed E-state index contributed by atoms with van der Waals surface area (Å²) in [6, 6.07) is 0.746. The van der Waals surface area contributed by atoms with Crippen molar-refractivity contribution in [2.75, 3.05) is 20.2 Å². The van der Waals surface area contributed by atoms with Crippen LogP contribution in [0.1, 0.15) is 59.3 Å². The maximum absolute atomic E-state index is 9.64. The number of aliphatic hydroxyl groups is 1. The van der Waals surface area contributed by atoms with E-state index in [4.69, 9.17) is 0 Å². The summed E-state index contributed by atoms with van der Waals surface area (Å²) >= 11 is 0. The van der Waals surface area contributed by atoms with Crippen LogP contribution >= 0.6 is 0 Å². The molecule has 0 bridgehead atoms. The molecular weight excluding hydrogens is 210 g/mol. The number of hydrogen-bond acceptors (Lipinski definition) is 2. The molecule has 0 radical (unpaired) electrons. The predicted molar refractivity (Wildman–Crippen MR) is 74.2 cm³/mol. The third-order valence-corrected chi connectivity index (χ3v) is 5.03. The van der Waals surface area contributed by atoms with Gasteiger partial charge in [-0.15, -0.1) is 0 Å². The molecule has 0 saturated heterocycles. The van der Waals surface area contributed by atoms with Crippen LogP contribution in [0.4, 0.5) is 0 Å². The molecule has 0 atom stereocenters. The van der Waals surface area contributed by atoms with Crippen molar-refractivity contribution in [2.24, 2.45) is 11.3 Å². The highest BCUT2D eigenvalue weighted by molar-refractivity contribution is 4.83. The van der Waals surface area contributed by atoms with Gasteiger partial charge in [-0.05, 0) is 51.5 Å². The zero-order valence-corrected chi connectivity index (χ0v) is 12.2.